The molecule has 156 valence electrons. The molecule has 5 nitrogen and oxygen atoms in total. The van der Waals surface area contributed by atoms with Crippen LogP contribution in [0.4, 0.5) is 5.69 Å². The second kappa shape index (κ2) is 10.1. The van der Waals surface area contributed by atoms with E-state index in [-0.39, 0.29) is 17.3 Å². The zero-order valence-electron chi connectivity index (χ0n) is 17.0. The summed E-state index contributed by atoms with van der Waals surface area (Å²) in [5.41, 5.74) is 2.50. The summed E-state index contributed by atoms with van der Waals surface area (Å²) in [5, 5.41) is 2.85. The van der Waals surface area contributed by atoms with E-state index in [4.69, 9.17) is 0 Å². The van der Waals surface area contributed by atoms with Crippen LogP contribution in [-0.4, -0.2) is 27.4 Å². The van der Waals surface area contributed by atoms with Gasteiger partial charge >= 0.3 is 0 Å². The number of rotatable bonds is 9. The van der Waals surface area contributed by atoms with Gasteiger partial charge in [-0.05, 0) is 49.1 Å². The lowest BCUT2D eigenvalue weighted by atomic mass is 10.1. The summed E-state index contributed by atoms with van der Waals surface area (Å²) >= 11 is 0. The number of nitrogens with zero attached hydrogens (tertiary/aromatic N) is 1. The van der Waals surface area contributed by atoms with Crippen molar-refractivity contribution in [3.8, 4) is 0 Å². The van der Waals surface area contributed by atoms with Gasteiger partial charge in [0.2, 0.25) is 5.91 Å². The van der Waals surface area contributed by atoms with Gasteiger partial charge in [-0.25, -0.2) is 8.42 Å². The SMILES string of the molecule is Cc1ccccc1N(CC(=O)NCCCc1ccccc1)S(=O)(=O)c1ccccc1. The fraction of sp³-hybridized carbons (Fsp3) is 0.208. The number of sulfonamides is 1. The molecule has 6 heteroatoms. The number of para-hydroxylation sites is 1. The maximum absolute atomic E-state index is 13.3. The Labute approximate surface area is 178 Å². The summed E-state index contributed by atoms with van der Waals surface area (Å²) in [4.78, 5) is 12.8. The van der Waals surface area contributed by atoms with Gasteiger partial charge in [0, 0.05) is 6.54 Å². The molecule has 0 spiro atoms. The number of carbonyl (C=O) groups is 1. The Morgan fingerprint density at radius 2 is 1.47 bits per heavy atom. The molecule has 1 amide bonds. The maximum Gasteiger partial charge on any atom is 0.264 e. The molecular formula is C24H26N2O3S. The summed E-state index contributed by atoms with van der Waals surface area (Å²) in [5.74, 6) is -0.328. The van der Waals surface area contributed by atoms with Gasteiger partial charge in [-0.15, -0.1) is 0 Å². The number of amides is 1. The van der Waals surface area contributed by atoms with Crippen LogP contribution in [0.15, 0.2) is 89.8 Å². The Morgan fingerprint density at radius 3 is 2.13 bits per heavy atom. The molecule has 0 radical (unpaired) electrons. The maximum atomic E-state index is 13.3. The van der Waals surface area contributed by atoms with E-state index in [2.05, 4.69) is 5.32 Å². The lowest BCUT2D eigenvalue weighted by molar-refractivity contribution is -0.119. The smallest absolute Gasteiger partial charge is 0.264 e. The van der Waals surface area contributed by atoms with Crippen molar-refractivity contribution in [3.63, 3.8) is 0 Å². The summed E-state index contributed by atoms with van der Waals surface area (Å²) < 4.78 is 27.7. The minimum Gasteiger partial charge on any atom is -0.355 e. The number of nitrogens with one attached hydrogen (secondary N) is 1. The first-order valence-corrected chi connectivity index (χ1v) is 11.4. The van der Waals surface area contributed by atoms with E-state index in [1.54, 1.807) is 42.5 Å². The third-order valence-electron chi connectivity index (χ3n) is 4.81. The van der Waals surface area contributed by atoms with Crippen LogP contribution >= 0.6 is 0 Å². The quantitative estimate of drug-likeness (QED) is 0.531. The molecule has 0 aliphatic rings. The number of hydrogen-bond donors (Lipinski definition) is 1. The number of anilines is 1. The lowest BCUT2D eigenvalue weighted by Crippen LogP contribution is -2.41. The van der Waals surface area contributed by atoms with Gasteiger partial charge in [0.25, 0.3) is 10.0 Å². The Hall–Kier alpha value is -3.12. The highest BCUT2D eigenvalue weighted by Gasteiger charge is 2.27. The van der Waals surface area contributed by atoms with Gasteiger partial charge in [-0.3, -0.25) is 9.10 Å². The molecule has 1 N–H and O–H groups in total. The van der Waals surface area contributed by atoms with Crippen LogP contribution in [0, 0.1) is 6.92 Å². The highest BCUT2D eigenvalue weighted by molar-refractivity contribution is 7.92. The molecule has 0 heterocycles. The van der Waals surface area contributed by atoms with Crippen LogP contribution in [-0.2, 0) is 21.2 Å². The monoisotopic (exact) mass is 422 g/mol. The lowest BCUT2D eigenvalue weighted by Gasteiger charge is -2.25. The fourth-order valence-corrected chi connectivity index (χ4v) is 4.72. The molecule has 0 fully saturated rings. The van der Waals surface area contributed by atoms with Crippen LogP contribution in [0.2, 0.25) is 0 Å². The van der Waals surface area contributed by atoms with Crippen LogP contribution in [0.25, 0.3) is 0 Å². The summed E-state index contributed by atoms with van der Waals surface area (Å²) in [6.45, 7) is 2.05. The second-order valence-electron chi connectivity index (χ2n) is 7.05. The predicted octanol–water partition coefficient (Wildman–Crippen LogP) is 3.94. The zero-order valence-corrected chi connectivity index (χ0v) is 17.8. The van der Waals surface area contributed by atoms with Crippen LogP contribution in [0.5, 0.6) is 0 Å². The van der Waals surface area contributed by atoms with Gasteiger partial charge in [-0.2, -0.15) is 0 Å². The first-order valence-electron chi connectivity index (χ1n) is 9.92. The Balaban J connectivity index is 1.71. The van der Waals surface area contributed by atoms with Crippen molar-refractivity contribution in [2.24, 2.45) is 0 Å². The van der Waals surface area contributed by atoms with Crippen molar-refractivity contribution in [3.05, 3.63) is 96.1 Å². The van der Waals surface area contributed by atoms with Crippen molar-refractivity contribution >= 4 is 21.6 Å². The first-order chi connectivity index (χ1) is 14.5. The molecular weight excluding hydrogens is 396 g/mol. The second-order valence-corrected chi connectivity index (χ2v) is 8.91. The molecule has 0 saturated heterocycles. The Morgan fingerprint density at radius 1 is 0.867 bits per heavy atom. The van der Waals surface area contributed by atoms with Gasteiger partial charge in [0.15, 0.2) is 0 Å². The predicted molar refractivity (Wildman–Crippen MR) is 120 cm³/mol. The van der Waals surface area contributed by atoms with E-state index in [0.29, 0.717) is 12.2 Å². The average molecular weight is 423 g/mol. The Bertz CT molecular complexity index is 1070. The molecule has 0 atom stereocenters. The van der Waals surface area contributed by atoms with E-state index in [1.807, 2.05) is 49.4 Å². The normalized spacial score (nSPS) is 11.1. The van der Waals surface area contributed by atoms with E-state index in [9.17, 15) is 13.2 Å². The Kier molecular flexibility index (Phi) is 7.25. The third-order valence-corrected chi connectivity index (χ3v) is 6.58. The zero-order chi connectivity index (χ0) is 21.4. The topological polar surface area (TPSA) is 66.5 Å². The van der Waals surface area contributed by atoms with Crippen LogP contribution in [0.3, 0.4) is 0 Å². The standard InChI is InChI=1S/C24H26N2O3S/c1-20-11-8-9-17-23(20)26(30(28,29)22-15-6-3-7-16-22)19-24(27)25-18-10-14-21-12-4-2-5-13-21/h2-9,11-13,15-17H,10,14,18-19H2,1H3,(H,25,27). The van der Waals surface area contributed by atoms with E-state index >= 15 is 0 Å². The molecule has 3 aromatic carbocycles. The van der Waals surface area contributed by atoms with E-state index < -0.39 is 10.0 Å². The largest absolute Gasteiger partial charge is 0.355 e. The van der Waals surface area contributed by atoms with Gasteiger partial charge in [0.1, 0.15) is 6.54 Å². The van der Waals surface area contributed by atoms with Gasteiger partial charge in [-0.1, -0.05) is 66.7 Å². The van der Waals surface area contributed by atoms with Crippen molar-refractivity contribution in [2.75, 3.05) is 17.4 Å². The molecule has 3 rings (SSSR count). The fourth-order valence-electron chi connectivity index (χ4n) is 3.21. The van der Waals surface area contributed by atoms with E-state index in [1.165, 1.54) is 9.87 Å². The van der Waals surface area contributed by atoms with Crippen LogP contribution < -0.4 is 9.62 Å². The molecule has 0 aliphatic carbocycles. The number of aryl methyl sites for hydroxylation is 2. The molecule has 0 aliphatic heterocycles. The van der Waals surface area contributed by atoms with Crippen molar-refractivity contribution < 1.29 is 13.2 Å². The van der Waals surface area contributed by atoms with Gasteiger partial charge in [0.05, 0.1) is 10.6 Å². The molecule has 0 aromatic heterocycles. The number of benzene rings is 3. The van der Waals surface area contributed by atoms with Crippen molar-refractivity contribution in [1.29, 1.82) is 0 Å². The molecule has 30 heavy (non-hydrogen) atoms. The minimum atomic E-state index is -3.87. The number of hydrogen-bond acceptors (Lipinski definition) is 3. The number of carbonyl (C=O) groups excluding carboxylic acids is 1. The van der Waals surface area contributed by atoms with Crippen LogP contribution in [0.1, 0.15) is 17.5 Å². The van der Waals surface area contributed by atoms with E-state index in [0.717, 1.165) is 18.4 Å². The molecule has 3 aromatic rings. The summed E-state index contributed by atoms with van der Waals surface area (Å²) in [6, 6.07) is 25.4. The minimum absolute atomic E-state index is 0.158. The third kappa shape index (κ3) is 5.48. The first kappa shape index (κ1) is 21.6. The average Bonchev–Trinajstić information content (AvgIpc) is 2.77. The van der Waals surface area contributed by atoms with Crippen molar-refractivity contribution in [1.82, 2.24) is 5.32 Å². The molecule has 0 bridgehead atoms. The summed E-state index contributed by atoms with van der Waals surface area (Å²) in [7, 11) is -3.87. The molecule has 0 saturated carbocycles. The highest BCUT2D eigenvalue weighted by atomic mass is 32.2. The van der Waals surface area contributed by atoms with Gasteiger partial charge < -0.3 is 5.32 Å². The van der Waals surface area contributed by atoms with Crippen molar-refractivity contribution in [2.45, 2.75) is 24.7 Å². The molecule has 0 unspecified atom stereocenters. The summed E-state index contributed by atoms with van der Waals surface area (Å²) in [6.07, 6.45) is 1.64. The highest BCUT2D eigenvalue weighted by Crippen LogP contribution is 2.26.